The van der Waals surface area contributed by atoms with Crippen LogP contribution in [0.25, 0.3) is 0 Å². The number of rotatable bonds is 2. The summed E-state index contributed by atoms with van der Waals surface area (Å²) in [5, 5.41) is 0. The van der Waals surface area contributed by atoms with Gasteiger partial charge in [0.25, 0.3) is 0 Å². The molecule has 0 saturated carbocycles. The van der Waals surface area contributed by atoms with Crippen molar-refractivity contribution in [3.63, 3.8) is 0 Å². The molecule has 1 aliphatic rings. The number of hydrogen-bond acceptors (Lipinski definition) is 1. The van der Waals surface area contributed by atoms with Crippen molar-refractivity contribution in [1.82, 2.24) is 4.90 Å². The van der Waals surface area contributed by atoms with Crippen molar-refractivity contribution in [1.29, 1.82) is 0 Å². The maximum absolute atomic E-state index is 13.5. The van der Waals surface area contributed by atoms with E-state index in [0.717, 1.165) is 25.6 Å². The largest absolute Gasteiger partial charge is 0.299 e. The van der Waals surface area contributed by atoms with Crippen LogP contribution in [0.1, 0.15) is 18.9 Å². The van der Waals surface area contributed by atoms with Crippen molar-refractivity contribution < 1.29 is 8.78 Å². The fourth-order valence-electron chi connectivity index (χ4n) is 2.26. The van der Waals surface area contributed by atoms with Crippen molar-refractivity contribution in [2.75, 3.05) is 13.1 Å². The van der Waals surface area contributed by atoms with Gasteiger partial charge in [0, 0.05) is 23.5 Å². The van der Waals surface area contributed by atoms with Crippen LogP contribution in [0, 0.1) is 17.6 Å². The van der Waals surface area contributed by atoms with Gasteiger partial charge in [0.1, 0.15) is 0 Å². The minimum atomic E-state index is -0.758. The van der Waals surface area contributed by atoms with Gasteiger partial charge >= 0.3 is 0 Å². The zero-order valence-electron chi connectivity index (χ0n) is 9.80. The van der Waals surface area contributed by atoms with E-state index >= 15 is 0 Å². The molecule has 1 heterocycles. The smallest absolute Gasteiger partial charge is 0.163 e. The Hall–Kier alpha value is -0.480. The summed E-state index contributed by atoms with van der Waals surface area (Å²) < 4.78 is 26.6. The summed E-state index contributed by atoms with van der Waals surface area (Å²) in [5.41, 5.74) is 0.449. The Balaban J connectivity index is 2.04. The Morgan fingerprint density at radius 2 is 2.18 bits per heavy atom. The van der Waals surface area contributed by atoms with Crippen molar-refractivity contribution in [3.8, 4) is 0 Å². The Labute approximate surface area is 109 Å². The summed E-state index contributed by atoms with van der Waals surface area (Å²) in [5.74, 6) is -0.924. The molecular weight excluding hydrogens is 288 g/mol. The molecule has 1 aromatic carbocycles. The van der Waals surface area contributed by atoms with E-state index in [1.807, 2.05) is 0 Å². The van der Waals surface area contributed by atoms with Crippen LogP contribution < -0.4 is 0 Å². The lowest BCUT2D eigenvalue weighted by Gasteiger charge is -2.34. The molecule has 0 bridgehead atoms. The van der Waals surface area contributed by atoms with Gasteiger partial charge in [0.2, 0.25) is 0 Å². The third-order valence-corrected chi connectivity index (χ3v) is 4.67. The van der Waals surface area contributed by atoms with Crippen molar-refractivity contribution >= 4 is 15.9 Å². The minimum Gasteiger partial charge on any atom is -0.299 e. The normalized spacial score (nSPS) is 26.1. The average molecular weight is 304 g/mol. The lowest BCUT2D eigenvalue weighted by Crippen LogP contribution is -2.39. The summed E-state index contributed by atoms with van der Waals surface area (Å²) in [7, 11) is 0. The van der Waals surface area contributed by atoms with E-state index in [9.17, 15) is 8.78 Å². The minimum absolute atomic E-state index is 0.449. The quantitative estimate of drug-likeness (QED) is 0.755. The monoisotopic (exact) mass is 303 g/mol. The molecule has 1 aliphatic heterocycles. The lowest BCUT2D eigenvalue weighted by molar-refractivity contribution is 0.181. The number of benzene rings is 1. The third kappa shape index (κ3) is 3.05. The number of likely N-dealkylation sites (tertiary alicyclic amines) is 1. The summed E-state index contributed by atoms with van der Waals surface area (Å²) in [4.78, 5) is 2.72. The molecule has 4 heteroatoms. The fraction of sp³-hybridized carbons (Fsp3) is 0.538. The van der Waals surface area contributed by atoms with Crippen molar-refractivity contribution in [3.05, 3.63) is 35.4 Å². The molecule has 2 unspecified atom stereocenters. The van der Waals surface area contributed by atoms with Crippen molar-refractivity contribution in [2.24, 2.45) is 5.92 Å². The van der Waals surface area contributed by atoms with Crippen LogP contribution in [0.3, 0.4) is 0 Å². The molecule has 0 aromatic heterocycles. The van der Waals surface area contributed by atoms with Crippen LogP contribution in [0.15, 0.2) is 18.2 Å². The second-order valence-electron chi connectivity index (χ2n) is 4.73. The first-order valence-electron chi connectivity index (χ1n) is 5.87. The van der Waals surface area contributed by atoms with Gasteiger partial charge in [-0.25, -0.2) is 8.78 Å². The van der Waals surface area contributed by atoms with Gasteiger partial charge < -0.3 is 0 Å². The average Bonchev–Trinajstić information content (AvgIpc) is 2.30. The molecular formula is C13H16BrF2N. The van der Waals surface area contributed by atoms with E-state index in [0.29, 0.717) is 22.9 Å². The van der Waals surface area contributed by atoms with Crippen LogP contribution >= 0.6 is 15.9 Å². The predicted molar refractivity (Wildman–Crippen MR) is 68.1 cm³/mol. The highest BCUT2D eigenvalue weighted by Crippen LogP contribution is 2.25. The van der Waals surface area contributed by atoms with E-state index in [1.54, 1.807) is 12.1 Å². The molecule has 0 radical (unpaired) electrons. The zero-order valence-corrected chi connectivity index (χ0v) is 11.4. The number of alkyl halides is 1. The third-order valence-electron chi connectivity index (χ3n) is 3.31. The van der Waals surface area contributed by atoms with Gasteiger partial charge in [0.15, 0.2) is 11.6 Å². The molecule has 2 rings (SSSR count). The maximum Gasteiger partial charge on any atom is 0.163 e. The summed E-state index contributed by atoms with van der Waals surface area (Å²) >= 11 is 3.63. The molecule has 0 N–H and O–H groups in total. The van der Waals surface area contributed by atoms with Gasteiger partial charge in [-0.1, -0.05) is 35.0 Å². The second kappa shape index (κ2) is 5.44. The van der Waals surface area contributed by atoms with E-state index in [4.69, 9.17) is 0 Å². The number of nitrogens with zero attached hydrogens (tertiary/aromatic N) is 1. The van der Waals surface area contributed by atoms with Gasteiger partial charge in [-0.15, -0.1) is 0 Å². The van der Waals surface area contributed by atoms with Gasteiger partial charge in [-0.05, 0) is 24.9 Å². The number of halogens is 3. The maximum atomic E-state index is 13.5. The SMILES string of the molecule is CC1CN(Cc2cccc(F)c2F)CCC1Br. The van der Waals surface area contributed by atoms with E-state index < -0.39 is 11.6 Å². The molecule has 2 atom stereocenters. The number of piperidine rings is 1. The topological polar surface area (TPSA) is 3.24 Å². The van der Waals surface area contributed by atoms with Crippen LogP contribution in [-0.2, 0) is 6.54 Å². The van der Waals surface area contributed by atoms with Crippen molar-refractivity contribution in [2.45, 2.75) is 24.7 Å². The van der Waals surface area contributed by atoms with E-state index in [1.165, 1.54) is 0 Å². The molecule has 1 saturated heterocycles. The predicted octanol–water partition coefficient (Wildman–Crippen LogP) is 3.57. The van der Waals surface area contributed by atoms with Crippen LogP contribution in [-0.4, -0.2) is 22.8 Å². The van der Waals surface area contributed by atoms with Gasteiger partial charge in [-0.2, -0.15) is 0 Å². The summed E-state index contributed by atoms with van der Waals surface area (Å²) in [6.07, 6.45) is 1.05. The molecule has 1 fully saturated rings. The lowest BCUT2D eigenvalue weighted by atomic mass is 9.99. The first kappa shape index (κ1) is 13.0. The van der Waals surface area contributed by atoms with Crippen LogP contribution in [0.5, 0.6) is 0 Å². The highest BCUT2D eigenvalue weighted by Gasteiger charge is 2.24. The second-order valence-corrected chi connectivity index (χ2v) is 5.91. The van der Waals surface area contributed by atoms with E-state index in [-0.39, 0.29) is 0 Å². The molecule has 1 aromatic rings. The molecule has 17 heavy (non-hydrogen) atoms. The van der Waals surface area contributed by atoms with Crippen LogP contribution in [0.2, 0.25) is 0 Å². The first-order valence-corrected chi connectivity index (χ1v) is 6.79. The van der Waals surface area contributed by atoms with Crippen LogP contribution in [0.4, 0.5) is 8.78 Å². The summed E-state index contributed by atoms with van der Waals surface area (Å²) in [6, 6.07) is 4.38. The first-order chi connectivity index (χ1) is 8.08. The Morgan fingerprint density at radius 3 is 2.88 bits per heavy atom. The molecule has 0 spiro atoms. The van der Waals surface area contributed by atoms with Gasteiger partial charge in [-0.3, -0.25) is 4.90 Å². The zero-order chi connectivity index (χ0) is 12.4. The Bertz CT molecular complexity index is 397. The summed E-state index contributed by atoms with van der Waals surface area (Å²) in [6.45, 7) is 4.52. The fourth-order valence-corrected chi connectivity index (χ4v) is 2.63. The molecule has 1 nitrogen and oxygen atoms in total. The Morgan fingerprint density at radius 1 is 1.41 bits per heavy atom. The standard InChI is InChI=1S/C13H16BrF2N/c1-9-7-17(6-5-11(9)14)8-10-3-2-4-12(15)13(10)16/h2-4,9,11H,5-8H2,1H3. The molecule has 94 valence electrons. The number of hydrogen-bond donors (Lipinski definition) is 0. The molecule has 0 amide bonds. The van der Waals surface area contributed by atoms with E-state index in [2.05, 4.69) is 27.8 Å². The molecule has 0 aliphatic carbocycles. The highest BCUT2D eigenvalue weighted by molar-refractivity contribution is 9.09. The highest BCUT2D eigenvalue weighted by atomic mass is 79.9. The van der Waals surface area contributed by atoms with Gasteiger partial charge in [0.05, 0.1) is 0 Å². The Kier molecular flexibility index (Phi) is 4.15.